The summed E-state index contributed by atoms with van der Waals surface area (Å²) in [6.07, 6.45) is 3.75. The van der Waals surface area contributed by atoms with Crippen LogP contribution in [-0.4, -0.2) is 27.9 Å². The summed E-state index contributed by atoms with van der Waals surface area (Å²) in [4.78, 5) is 11.6. The average Bonchev–Trinajstić information content (AvgIpc) is 2.72. The van der Waals surface area contributed by atoms with Crippen molar-refractivity contribution in [2.24, 2.45) is 0 Å². The maximum Gasteiger partial charge on any atom is 0.283 e. The molecule has 2 aromatic heterocycles. The average molecular weight is 316 g/mol. The van der Waals surface area contributed by atoms with Gasteiger partial charge in [-0.1, -0.05) is 18.5 Å². The Bertz CT molecular complexity index is 713. The standard InChI is InChI=1S/C11H14ClN5O2S/c1-3-6-17-7-10(14-8(17)2)20(18,19)16-11-13-5-4-9(12)15-11/h4-5,7H,3,6H2,1-2H3,(H,13,15,16). The number of sulfonamides is 1. The second-order valence-corrected chi connectivity index (χ2v) is 6.14. The maximum absolute atomic E-state index is 12.2. The van der Waals surface area contributed by atoms with Crippen LogP contribution in [0.1, 0.15) is 19.2 Å². The van der Waals surface area contributed by atoms with Crippen LogP contribution in [0.25, 0.3) is 0 Å². The molecule has 0 aliphatic rings. The summed E-state index contributed by atoms with van der Waals surface area (Å²) in [5.74, 6) is 0.555. The smallest absolute Gasteiger partial charge is 0.283 e. The van der Waals surface area contributed by atoms with Crippen LogP contribution in [0, 0.1) is 6.92 Å². The number of nitrogens with one attached hydrogen (secondary N) is 1. The van der Waals surface area contributed by atoms with Gasteiger partial charge in [-0.2, -0.15) is 8.42 Å². The molecule has 7 nitrogen and oxygen atoms in total. The summed E-state index contributed by atoms with van der Waals surface area (Å²) in [5.41, 5.74) is 0. The first-order chi connectivity index (χ1) is 9.42. The minimum absolute atomic E-state index is 0.0629. The molecule has 0 bridgehead atoms. The zero-order valence-electron chi connectivity index (χ0n) is 11.0. The van der Waals surface area contributed by atoms with Gasteiger partial charge in [-0.15, -0.1) is 0 Å². The summed E-state index contributed by atoms with van der Waals surface area (Å²) in [5, 5.41) is 0.0948. The van der Waals surface area contributed by atoms with Crippen molar-refractivity contribution in [3.05, 3.63) is 29.4 Å². The van der Waals surface area contributed by atoms with Gasteiger partial charge in [0.2, 0.25) is 5.95 Å². The predicted octanol–water partition coefficient (Wildman–Crippen LogP) is 1.85. The molecule has 108 valence electrons. The normalized spacial score (nSPS) is 11.6. The Morgan fingerprint density at radius 2 is 2.15 bits per heavy atom. The van der Waals surface area contributed by atoms with Crippen molar-refractivity contribution < 1.29 is 8.42 Å². The molecule has 0 unspecified atom stereocenters. The van der Waals surface area contributed by atoms with E-state index in [1.165, 1.54) is 18.5 Å². The van der Waals surface area contributed by atoms with Crippen LogP contribution in [0.2, 0.25) is 5.15 Å². The molecule has 2 rings (SSSR count). The van der Waals surface area contributed by atoms with Gasteiger partial charge in [-0.25, -0.2) is 19.7 Å². The van der Waals surface area contributed by atoms with Crippen LogP contribution in [0.15, 0.2) is 23.5 Å². The molecule has 9 heteroatoms. The SMILES string of the molecule is CCCn1cc(S(=O)(=O)Nc2nccc(Cl)n2)nc1C. The molecule has 0 atom stereocenters. The van der Waals surface area contributed by atoms with Crippen LogP contribution < -0.4 is 4.72 Å². The lowest BCUT2D eigenvalue weighted by molar-refractivity contribution is 0.597. The fourth-order valence-corrected chi connectivity index (χ4v) is 2.73. The van der Waals surface area contributed by atoms with E-state index >= 15 is 0 Å². The molecule has 0 amide bonds. The molecular weight excluding hydrogens is 302 g/mol. The fraction of sp³-hybridized carbons (Fsp3) is 0.364. The number of anilines is 1. The highest BCUT2D eigenvalue weighted by Gasteiger charge is 2.20. The van der Waals surface area contributed by atoms with E-state index in [2.05, 4.69) is 19.7 Å². The molecule has 0 aliphatic heterocycles. The zero-order chi connectivity index (χ0) is 14.8. The topological polar surface area (TPSA) is 89.8 Å². The number of halogens is 1. The van der Waals surface area contributed by atoms with Gasteiger partial charge in [0.05, 0.1) is 0 Å². The largest absolute Gasteiger partial charge is 0.334 e. The Balaban J connectivity index is 2.28. The lowest BCUT2D eigenvalue weighted by Gasteiger charge is -2.03. The summed E-state index contributed by atoms with van der Waals surface area (Å²) >= 11 is 5.68. The number of nitrogens with zero attached hydrogens (tertiary/aromatic N) is 4. The first-order valence-electron chi connectivity index (χ1n) is 5.97. The van der Waals surface area contributed by atoms with Gasteiger partial charge < -0.3 is 4.57 Å². The van der Waals surface area contributed by atoms with Gasteiger partial charge in [0.15, 0.2) is 5.03 Å². The van der Waals surface area contributed by atoms with Gasteiger partial charge in [-0.05, 0) is 19.4 Å². The van der Waals surface area contributed by atoms with E-state index < -0.39 is 10.0 Å². The van der Waals surface area contributed by atoms with Crippen LogP contribution >= 0.6 is 11.6 Å². The number of rotatable bonds is 5. The highest BCUT2D eigenvalue weighted by atomic mass is 35.5. The van der Waals surface area contributed by atoms with Crippen LogP contribution in [0.4, 0.5) is 5.95 Å². The van der Waals surface area contributed by atoms with E-state index in [1.54, 1.807) is 11.5 Å². The second kappa shape index (κ2) is 5.76. The lowest BCUT2D eigenvalue weighted by Crippen LogP contribution is -2.15. The first kappa shape index (κ1) is 14.7. The van der Waals surface area contributed by atoms with E-state index in [0.29, 0.717) is 12.4 Å². The van der Waals surface area contributed by atoms with Crippen molar-refractivity contribution in [2.45, 2.75) is 31.8 Å². The minimum Gasteiger partial charge on any atom is -0.334 e. The van der Waals surface area contributed by atoms with E-state index in [0.717, 1.165) is 6.42 Å². The molecule has 0 saturated heterocycles. The van der Waals surface area contributed by atoms with E-state index in [4.69, 9.17) is 11.6 Å². The number of aryl methyl sites for hydroxylation is 2. The summed E-state index contributed by atoms with van der Waals surface area (Å²) in [6.45, 7) is 4.47. The third-order valence-electron chi connectivity index (χ3n) is 2.54. The quantitative estimate of drug-likeness (QED) is 0.850. The van der Waals surface area contributed by atoms with E-state index in [1.807, 2.05) is 6.92 Å². The zero-order valence-corrected chi connectivity index (χ0v) is 12.6. The molecule has 20 heavy (non-hydrogen) atoms. The van der Waals surface area contributed by atoms with Gasteiger partial charge in [0, 0.05) is 18.9 Å². The number of imidazole rings is 1. The number of hydrogen-bond donors (Lipinski definition) is 1. The first-order valence-corrected chi connectivity index (χ1v) is 7.83. The Kier molecular flexibility index (Phi) is 4.24. The summed E-state index contributed by atoms with van der Waals surface area (Å²) in [7, 11) is -3.82. The Labute approximate surface area is 122 Å². The van der Waals surface area contributed by atoms with Crippen molar-refractivity contribution in [1.82, 2.24) is 19.5 Å². The number of aromatic nitrogens is 4. The summed E-state index contributed by atoms with van der Waals surface area (Å²) < 4.78 is 28.4. The highest BCUT2D eigenvalue weighted by Crippen LogP contribution is 2.14. The molecule has 0 radical (unpaired) electrons. The Hall–Kier alpha value is -1.67. The van der Waals surface area contributed by atoms with Gasteiger partial charge in [0.25, 0.3) is 10.0 Å². The van der Waals surface area contributed by atoms with E-state index in [9.17, 15) is 8.42 Å². The molecule has 2 heterocycles. The van der Waals surface area contributed by atoms with Crippen LogP contribution in [-0.2, 0) is 16.6 Å². The molecule has 0 aliphatic carbocycles. The van der Waals surface area contributed by atoms with Gasteiger partial charge in [0.1, 0.15) is 11.0 Å². The Morgan fingerprint density at radius 1 is 1.40 bits per heavy atom. The second-order valence-electron chi connectivity index (χ2n) is 4.13. The Morgan fingerprint density at radius 3 is 2.80 bits per heavy atom. The van der Waals surface area contributed by atoms with Crippen molar-refractivity contribution in [3.8, 4) is 0 Å². The predicted molar refractivity (Wildman–Crippen MR) is 75.1 cm³/mol. The van der Waals surface area contributed by atoms with Crippen molar-refractivity contribution in [3.63, 3.8) is 0 Å². The molecule has 0 fully saturated rings. The maximum atomic E-state index is 12.2. The highest BCUT2D eigenvalue weighted by molar-refractivity contribution is 7.92. The molecule has 0 aromatic carbocycles. The van der Waals surface area contributed by atoms with Gasteiger partial charge in [-0.3, -0.25) is 0 Å². The number of hydrogen-bond acceptors (Lipinski definition) is 5. The molecular formula is C11H14ClN5O2S. The lowest BCUT2D eigenvalue weighted by atomic mass is 10.5. The third-order valence-corrected chi connectivity index (χ3v) is 3.95. The molecule has 1 N–H and O–H groups in total. The van der Waals surface area contributed by atoms with Crippen LogP contribution in [0.5, 0.6) is 0 Å². The van der Waals surface area contributed by atoms with Gasteiger partial charge >= 0.3 is 0 Å². The fourth-order valence-electron chi connectivity index (χ4n) is 1.63. The minimum atomic E-state index is -3.82. The molecule has 2 aromatic rings. The third kappa shape index (κ3) is 3.26. The molecule has 0 spiro atoms. The molecule has 0 saturated carbocycles. The van der Waals surface area contributed by atoms with Crippen LogP contribution in [0.3, 0.4) is 0 Å². The van der Waals surface area contributed by atoms with Crippen molar-refractivity contribution >= 4 is 27.6 Å². The monoisotopic (exact) mass is 315 g/mol. The van der Waals surface area contributed by atoms with Crippen molar-refractivity contribution in [1.29, 1.82) is 0 Å². The van der Waals surface area contributed by atoms with Crippen molar-refractivity contribution in [2.75, 3.05) is 4.72 Å². The van der Waals surface area contributed by atoms with E-state index in [-0.39, 0.29) is 16.1 Å². The summed E-state index contributed by atoms with van der Waals surface area (Å²) in [6, 6.07) is 1.46.